The maximum absolute atomic E-state index is 6.07. The lowest BCUT2D eigenvalue weighted by Gasteiger charge is -2.37. The molecule has 3 heterocycles. The Morgan fingerprint density at radius 2 is 1.81 bits per heavy atom. The van der Waals surface area contributed by atoms with Crippen molar-refractivity contribution in [1.29, 1.82) is 0 Å². The van der Waals surface area contributed by atoms with Gasteiger partial charge in [0.1, 0.15) is 0 Å². The van der Waals surface area contributed by atoms with Crippen molar-refractivity contribution >= 4 is 0 Å². The van der Waals surface area contributed by atoms with E-state index in [1.807, 2.05) is 12.4 Å². The zero-order chi connectivity index (χ0) is 11.0. The highest BCUT2D eigenvalue weighted by molar-refractivity contribution is 5.11. The Balaban J connectivity index is 1.72. The molecule has 86 valence electrons. The van der Waals surface area contributed by atoms with Crippen LogP contribution in [-0.2, 0) is 6.54 Å². The molecule has 0 spiro atoms. The van der Waals surface area contributed by atoms with E-state index >= 15 is 0 Å². The van der Waals surface area contributed by atoms with Crippen LogP contribution in [0.1, 0.15) is 31.2 Å². The van der Waals surface area contributed by atoms with Gasteiger partial charge in [0.05, 0.1) is 0 Å². The Labute approximate surface area is 96.7 Å². The average Bonchev–Trinajstić information content (AvgIpc) is 2.54. The van der Waals surface area contributed by atoms with E-state index in [9.17, 15) is 0 Å². The van der Waals surface area contributed by atoms with Crippen LogP contribution in [0.15, 0.2) is 24.5 Å². The number of nitrogens with zero attached hydrogens (tertiary/aromatic N) is 2. The maximum Gasteiger partial charge on any atom is 0.0271 e. The molecular formula is C13H19N3. The van der Waals surface area contributed by atoms with E-state index in [1.54, 1.807) is 0 Å². The van der Waals surface area contributed by atoms with Crippen molar-refractivity contribution < 1.29 is 0 Å². The molecular weight excluding hydrogens is 198 g/mol. The first-order valence-electron chi connectivity index (χ1n) is 6.23. The molecule has 0 aliphatic carbocycles. The summed E-state index contributed by atoms with van der Waals surface area (Å²) in [5.41, 5.74) is 7.45. The molecule has 2 saturated heterocycles. The van der Waals surface area contributed by atoms with Gasteiger partial charge >= 0.3 is 0 Å². The lowest BCUT2D eigenvalue weighted by Crippen LogP contribution is -2.46. The largest absolute Gasteiger partial charge is 0.328 e. The third-order valence-corrected chi connectivity index (χ3v) is 4.04. The molecule has 0 amide bonds. The molecule has 2 aliphatic heterocycles. The molecule has 0 aromatic carbocycles. The minimum absolute atomic E-state index is 0.436. The summed E-state index contributed by atoms with van der Waals surface area (Å²) in [6.07, 6.45) is 8.80. The number of aromatic nitrogens is 1. The van der Waals surface area contributed by atoms with Gasteiger partial charge in [0, 0.05) is 37.1 Å². The van der Waals surface area contributed by atoms with Gasteiger partial charge in [0.25, 0.3) is 0 Å². The fraction of sp³-hybridized carbons (Fsp3) is 0.615. The Kier molecular flexibility index (Phi) is 2.65. The topological polar surface area (TPSA) is 42.1 Å². The van der Waals surface area contributed by atoms with E-state index in [0.717, 1.165) is 18.6 Å². The van der Waals surface area contributed by atoms with Crippen LogP contribution in [0, 0.1) is 0 Å². The van der Waals surface area contributed by atoms with E-state index in [2.05, 4.69) is 22.0 Å². The number of hydrogen-bond donors (Lipinski definition) is 1. The highest BCUT2D eigenvalue weighted by Crippen LogP contribution is 2.35. The third-order valence-electron chi connectivity index (χ3n) is 4.04. The Hall–Kier alpha value is -0.930. The monoisotopic (exact) mass is 217 g/mol. The molecule has 0 radical (unpaired) electrons. The zero-order valence-electron chi connectivity index (χ0n) is 9.55. The summed E-state index contributed by atoms with van der Waals surface area (Å²) in [5.74, 6) is 0. The molecule has 3 heteroatoms. The molecule has 2 fully saturated rings. The maximum atomic E-state index is 6.07. The number of piperidine rings is 1. The molecule has 3 nitrogen and oxygen atoms in total. The van der Waals surface area contributed by atoms with Crippen molar-refractivity contribution in [2.75, 3.05) is 0 Å². The smallest absolute Gasteiger partial charge is 0.0271 e. The van der Waals surface area contributed by atoms with E-state index in [1.165, 1.54) is 31.2 Å². The van der Waals surface area contributed by atoms with Crippen molar-refractivity contribution in [2.45, 2.75) is 50.4 Å². The number of rotatable bonds is 2. The summed E-state index contributed by atoms with van der Waals surface area (Å²) in [4.78, 5) is 6.72. The molecule has 2 N–H and O–H groups in total. The van der Waals surface area contributed by atoms with Gasteiger partial charge in [-0.05, 0) is 43.4 Å². The zero-order valence-corrected chi connectivity index (χ0v) is 9.55. The Morgan fingerprint density at radius 3 is 2.44 bits per heavy atom. The second kappa shape index (κ2) is 4.15. The van der Waals surface area contributed by atoms with Crippen molar-refractivity contribution in [1.82, 2.24) is 9.88 Å². The van der Waals surface area contributed by atoms with Gasteiger partial charge in [0.2, 0.25) is 0 Å². The van der Waals surface area contributed by atoms with Gasteiger partial charge in [-0.15, -0.1) is 0 Å². The van der Waals surface area contributed by atoms with E-state index in [4.69, 9.17) is 5.73 Å². The average molecular weight is 217 g/mol. The predicted molar refractivity (Wildman–Crippen MR) is 63.8 cm³/mol. The normalized spacial score (nSPS) is 34.2. The Morgan fingerprint density at radius 1 is 1.19 bits per heavy atom. The fourth-order valence-corrected chi connectivity index (χ4v) is 3.27. The number of hydrogen-bond acceptors (Lipinski definition) is 3. The SMILES string of the molecule is NC1C[C@H]2CC[C@@H](C1)N2Cc1ccncc1. The lowest BCUT2D eigenvalue weighted by molar-refractivity contribution is 0.120. The molecule has 2 bridgehead atoms. The van der Waals surface area contributed by atoms with Gasteiger partial charge in [-0.3, -0.25) is 9.88 Å². The molecule has 3 rings (SSSR count). The summed E-state index contributed by atoms with van der Waals surface area (Å²) >= 11 is 0. The van der Waals surface area contributed by atoms with Crippen molar-refractivity contribution in [3.8, 4) is 0 Å². The first-order valence-corrected chi connectivity index (χ1v) is 6.23. The van der Waals surface area contributed by atoms with Crippen LogP contribution in [-0.4, -0.2) is 28.0 Å². The quantitative estimate of drug-likeness (QED) is 0.817. The van der Waals surface area contributed by atoms with Crippen LogP contribution in [0.2, 0.25) is 0 Å². The van der Waals surface area contributed by atoms with Crippen LogP contribution >= 0.6 is 0 Å². The second-order valence-corrected chi connectivity index (χ2v) is 5.14. The summed E-state index contributed by atoms with van der Waals surface area (Å²) < 4.78 is 0. The molecule has 2 aliphatic rings. The predicted octanol–water partition coefficient (Wildman–Crippen LogP) is 1.54. The van der Waals surface area contributed by atoms with Gasteiger partial charge in [0.15, 0.2) is 0 Å². The number of pyridine rings is 1. The van der Waals surface area contributed by atoms with Crippen molar-refractivity contribution in [2.24, 2.45) is 5.73 Å². The number of nitrogens with two attached hydrogens (primary N) is 1. The van der Waals surface area contributed by atoms with Crippen LogP contribution in [0.3, 0.4) is 0 Å². The van der Waals surface area contributed by atoms with Crippen LogP contribution in [0.25, 0.3) is 0 Å². The van der Waals surface area contributed by atoms with Crippen LogP contribution in [0.4, 0.5) is 0 Å². The summed E-state index contributed by atoms with van der Waals surface area (Å²) in [7, 11) is 0. The van der Waals surface area contributed by atoms with Crippen LogP contribution in [0.5, 0.6) is 0 Å². The lowest BCUT2D eigenvalue weighted by atomic mass is 9.97. The standard InChI is InChI=1S/C13H19N3/c14-11-7-12-1-2-13(8-11)16(12)9-10-3-5-15-6-4-10/h3-6,11-13H,1-2,7-9,14H2/t11?,12-,13+. The first-order chi connectivity index (χ1) is 7.83. The van der Waals surface area contributed by atoms with Gasteiger partial charge in [-0.2, -0.15) is 0 Å². The highest BCUT2D eigenvalue weighted by atomic mass is 15.2. The molecule has 1 aromatic heterocycles. The van der Waals surface area contributed by atoms with E-state index in [-0.39, 0.29) is 0 Å². The second-order valence-electron chi connectivity index (χ2n) is 5.14. The first kappa shape index (κ1) is 10.2. The highest BCUT2D eigenvalue weighted by Gasteiger charge is 2.39. The van der Waals surface area contributed by atoms with E-state index < -0.39 is 0 Å². The van der Waals surface area contributed by atoms with Crippen molar-refractivity contribution in [3.05, 3.63) is 30.1 Å². The van der Waals surface area contributed by atoms with Gasteiger partial charge < -0.3 is 5.73 Å². The summed E-state index contributed by atoms with van der Waals surface area (Å²) in [6.45, 7) is 1.07. The minimum Gasteiger partial charge on any atom is -0.328 e. The number of fused-ring (bicyclic) bond motifs is 2. The molecule has 16 heavy (non-hydrogen) atoms. The summed E-state index contributed by atoms with van der Waals surface area (Å²) in [6, 6.07) is 6.12. The molecule has 3 atom stereocenters. The third kappa shape index (κ3) is 1.85. The van der Waals surface area contributed by atoms with E-state index in [0.29, 0.717) is 6.04 Å². The summed E-state index contributed by atoms with van der Waals surface area (Å²) in [5, 5.41) is 0. The fourth-order valence-electron chi connectivity index (χ4n) is 3.27. The Bertz CT molecular complexity index is 337. The minimum atomic E-state index is 0.436. The van der Waals surface area contributed by atoms with Crippen molar-refractivity contribution in [3.63, 3.8) is 0 Å². The van der Waals surface area contributed by atoms with Crippen LogP contribution < -0.4 is 5.73 Å². The molecule has 1 unspecified atom stereocenters. The molecule has 1 aromatic rings. The van der Waals surface area contributed by atoms with Gasteiger partial charge in [-0.25, -0.2) is 0 Å². The molecule has 0 saturated carbocycles. The van der Waals surface area contributed by atoms with Gasteiger partial charge in [-0.1, -0.05) is 0 Å².